The molecule has 2 N–H and O–H groups in total. The fraction of sp³-hybridized carbons (Fsp3) is 0.118. The van der Waals surface area contributed by atoms with Crippen LogP contribution in [-0.2, 0) is 0 Å². The van der Waals surface area contributed by atoms with E-state index in [0.29, 0.717) is 23.6 Å². The van der Waals surface area contributed by atoms with Crippen LogP contribution in [0.15, 0.2) is 54.7 Å². The highest BCUT2D eigenvalue weighted by Gasteiger charge is 2.10. The number of amides is 1. The zero-order valence-corrected chi connectivity index (χ0v) is 11.7. The fourth-order valence-electron chi connectivity index (χ4n) is 2.23. The van der Waals surface area contributed by atoms with Crippen LogP contribution in [0.1, 0.15) is 17.3 Å². The number of hydrogen-bond donors (Lipinski definition) is 2. The summed E-state index contributed by atoms with van der Waals surface area (Å²) < 4.78 is 5.51. The Morgan fingerprint density at radius 3 is 2.90 bits per heavy atom. The first-order valence-corrected chi connectivity index (χ1v) is 6.88. The standard InChI is InChI=1S/C17H16N2O2/c1-2-21-16-6-4-3-5-14(16)19-17(20)13-8-7-12-9-10-18-15(12)11-13/h3-11,18H,2H2,1H3,(H,19,20). The smallest absolute Gasteiger partial charge is 0.255 e. The molecule has 0 bridgehead atoms. The van der Waals surface area contributed by atoms with Crippen LogP contribution >= 0.6 is 0 Å². The molecule has 0 aliphatic carbocycles. The highest BCUT2D eigenvalue weighted by molar-refractivity contribution is 6.06. The summed E-state index contributed by atoms with van der Waals surface area (Å²) in [6, 6.07) is 15.0. The molecule has 0 aliphatic rings. The molecule has 1 amide bonds. The van der Waals surface area contributed by atoms with Gasteiger partial charge in [-0.2, -0.15) is 0 Å². The predicted octanol–water partition coefficient (Wildman–Crippen LogP) is 3.82. The lowest BCUT2D eigenvalue weighted by atomic mass is 10.1. The van der Waals surface area contributed by atoms with E-state index in [-0.39, 0.29) is 5.91 Å². The number of carbonyl (C=O) groups is 1. The van der Waals surface area contributed by atoms with Crippen LogP contribution in [0.2, 0.25) is 0 Å². The SMILES string of the molecule is CCOc1ccccc1NC(=O)c1ccc2cc[nH]c2c1. The van der Waals surface area contributed by atoms with Gasteiger partial charge in [-0.3, -0.25) is 4.79 Å². The van der Waals surface area contributed by atoms with E-state index >= 15 is 0 Å². The minimum Gasteiger partial charge on any atom is -0.492 e. The second-order valence-electron chi connectivity index (χ2n) is 4.66. The van der Waals surface area contributed by atoms with Gasteiger partial charge in [0.25, 0.3) is 5.91 Å². The van der Waals surface area contributed by atoms with E-state index in [0.717, 1.165) is 10.9 Å². The van der Waals surface area contributed by atoms with Gasteiger partial charge in [0.15, 0.2) is 0 Å². The Balaban J connectivity index is 1.85. The maximum absolute atomic E-state index is 12.4. The van der Waals surface area contributed by atoms with Gasteiger partial charge in [0.1, 0.15) is 5.75 Å². The first-order valence-electron chi connectivity index (χ1n) is 6.88. The molecule has 3 aromatic rings. The number of para-hydroxylation sites is 2. The number of nitrogens with one attached hydrogen (secondary N) is 2. The Labute approximate surface area is 122 Å². The first kappa shape index (κ1) is 13.2. The van der Waals surface area contributed by atoms with E-state index in [4.69, 9.17) is 4.74 Å². The van der Waals surface area contributed by atoms with Gasteiger partial charge in [0.05, 0.1) is 12.3 Å². The third-order valence-corrected chi connectivity index (χ3v) is 3.25. The van der Waals surface area contributed by atoms with Crippen LogP contribution < -0.4 is 10.1 Å². The maximum atomic E-state index is 12.4. The third kappa shape index (κ3) is 2.74. The molecule has 21 heavy (non-hydrogen) atoms. The van der Waals surface area contributed by atoms with Crippen LogP contribution in [0.4, 0.5) is 5.69 Å². The Morgan fingerprint density at radius 1 is 1.19 bits per heavy atom. The highest BCUT2D eigenvalue weighted by atomic mass is 16.5. The number of fused-ring (bicyclic) bond motifs is 1. The molecule has 2 aromatic carbocycles. The molecule has 0 fully saturated rings. The number of carbonyl (C=O) groups excluding carboxylic acids is 1. The molecule has 0 saturated carbocycles. The molecule has 0 unspecified atom stereocenters. The van der Waals surface area contributed by atoms with Gasteiger partial charge < -0.3 is 15.0 Å². The van der Waals surface area contributed by atoms with E-state index < -0.39 is 0 Å². The molecule has 0 radical (unpaired) electrons. The summed E-state index contributed by atoms with van der Waals surface area (Å²) in [5.41, 5.74) is 2.23. The number of benzene rings is 2. The quantitative estimate of drug-likeness (QED) is 0.763. The molecule has 3 rings (SSSR count). The lowest BCUT2D eigenvalue weighted by Gasteiger charge is -2.11. The number of H-pyrrole nitrogens is 1. The zero-order chi connectivity index (χ0) is 14.7. The van der Waals surface area contributed by atoms with Crippen LogP contribution in [0.5, 0.6) is 5.75 Å². The Bertz CT molecular complexity index is 777. The van der Waals surface area contributed by atoms with Crippen LogP contribution in [-0.4, -0.2) is 17.5 Å². The van der Waals surface area contributed by atoms with Gasteiger partial charge in [-0.25, -0.2) is 0 Å². The van der Waals surface area contributed by atoms with Gasteiger partial charge in [0, 0.05) is 17.3 Å². The molecular formula is C17H16N2O2. The Kier molecular flexibility index (Phi) is 3.60. The van der Waals surface area contributed by atoms with Crippen molar-refractivity contribution in [1.82, 2.24) is 4.98 Å². The van der Waals surface area contributed by atoms with E-state index in [1.165, 1.54) is 0 Å². The van der Waals surface area contributed by atoms with Crippen molar-refractivity contribution in [3.63, 3.8) is 0 Å². The Hall–Kier alpha value is -2.75. The van der Waals surface area contributed by atoms with Crippen molar-refractivity contribution in [3.05, 3.63) is 60.3 Å². The first-order chi connectivity index (χ1) is 10.3. The van der Waals surface area contributed by atoms with E-state index in [1.54, 1.807) is 0 Å². The van der Waals surface area contributed by atoms with Gasteiger partial charge >= 0.3 is 0 Å². The van der Waals surface area contributed by atoms with Gasteiger partial charge in [-0.1, -0.05) is 18.2 Å². The second kappa shape index (κ2) is 5.71. The van der Waals surface area contributed by atoms with Crippen molar-refractivity contribution in [2.24, 2.45) is 0 Å². The number of rotatable bonds is 4. The molecule has 106 valence electrons. The van der Waals surface area contributed by atoms with Crippen molar-refractivity contribution in [1.29, 1.82) is 0 Å². The Morgan fingerprint density at radius 2 is 2.05 bits per heavy atom. The van der Waals surface area contributed by atoms with Gasteiger partial charge in [0.2, 0.25) is 0 Å². The number of aromatic nitrogens is 1. The fourth-order valence-corrected chi connectivity index (χ4v) is 2.23. The van der Waals surface area contributed by atoms with E-state index in [2.05, 4.69) is 10.3 Å². The normalized spacial score (nSPS) is 10.5. The molecule has 0 saturated heterocycles. The van der Waals surface area contributed by atoms with Crippen molar-refractivity contribution in [2.75, 3.05) is 11.9 Å². The third-order valence-electron chi connectivity index (χ3n) is 3.25. The predicted molar refractivity (Wildman–Crippen MR) is 83.9 cm³/mol. The summed E-state index contributed by atoms with van der Waals surface area (Å²) in [7, 11) is 0. The zero-order valence-electron chi connectivity index (χ0n) is 11.7. The van der Waals surface area contributed by atoms with Crippen LogP contribution in [0.3, 0.4) is 0 Å². The largest absolute Gasteiger partial charge is 0.492 e. The average Bonchev–Trinajstić information content (AvgIpc) is 2.97. The summed E-state index contributed by atoms with van der Waals surface area (Å²) in [5.74, 6) is 0.521. The summed E-state index contributed by atoms with van der Waals surface area (Å²) in [6.07, 6.45) is 1.86. The summed E-state index contributed by atoms with van der Waals surface area (Å²) in [4.78, 5) is 15.5. The summed E-state index contributed by atoms with van der Waals surface area (Å²) in [6.45, 7) is 2.47. The van der Waals surface area contributed by atoms with Gasteiger partial charge in [-0.05, 0) is 42.6 Å². The lowest BCUT2D eigenvalue weighted by molar-refractivity contribution is 0.102. The number of anilines is 1. The van der Waals surface area contributed by atoms with E-state index in [1.807, 2.05) is 61.7 Å². The van der Waals surface area contributed by atoms with Crippen LogP contribution in [0.25, 0.3) is 10.9 Å². The lowest BCUT2D eigenvalue weighted by Crippen LogP contribution is -2.12. The summed E-state index contributed by atoms with van der Waals surface area (Å²) >= 11 is 0. The van der Waals surface area contributed by atoms with Crippen molar-refractivity contribution in [2.45, 2.75) is 6.92 Å². The molecule has 0 spiro atoms. The topological polar surface area (TPSA) is 54.1 Å². The minimum absolute atomic E-state index is 0.154. The molecule has 0 aliphatic heterocycles. The van der Waals surface area contributed by atoms with E-state index in [9.17, 15) is 4.79 Å². The number of hydrogen-bond acceptors (Lipinski definition) is 2. The van der Waals surface area contributed by atoms with Crippen molar-refractivity contribution < 1.29 is 9.53 Å². The number of ether oxygens (including phenoxy) is 1. The molecule has 1 heterocycles. The minimum atomic E-state index is -0.154. The monoisotopic (exact) mass is 280 g/mol. The van der Waals surface area contributed by atoms with Gasteiger partial charge in [-0.15, -0.1) is 0 Å². The molecular weight excluding hydrogens is 264 g/mol. The van der Waals surface area contributed by atoms with Crippen molar-refractivity contribution in [3.8, 4) is 5.75 Å². The molecule has 0 atom stereocenters. The second-order valence-corrected chi connectivity index (χ2v) is 4.66. The molecule has 4 nitrogen and oxygen atoms in total. The maximum Gasteiger partial charge on any atom is 0.255 e. The molecule has 1 aromatic heterocycles. The summed E-state index contributed by atoms with van der Waals surface area (Å²) in [5, 5.41) is 3.98. The van der Waals surface area contributed by atoms with Crippen molar-refractivity contribution >= 4 is 22.5 Å². The highest BCUT2D eigenvalue weighted by Crippen LogP contribution is 2.24. The number of aromatic amines is 1. The molecule has 4 heteroatoms. The van der Waals surface area contributed by atoms with Crippen LogP contribution in [0, 0.1) is 0 Å². The average molecular weight is 280 g/mol.